The second-order valence-electron chi connectivity index (χ2n) is 2.91. The minimum atomic E-state index is -0.429. The standard InChI is InChI=1S/C9H9N3O2S/c1-5-3-11-8(15-5)7-10-4-6(12-7)9(13)14-2/h3-4H,1-2H3,(H,10,12). The van der Waals surface area contributed by atoms with E-state index >= 15 is 0 Å². The molecule has 0 saturated heterocycles. The third-order valence-electron chi connectivity index (χ3n) is 1.80. The number of rotatable bonds is 2. The Balaban J connectivity index is 2.31. The van der Waals surface area contributed by atoms with Crippen molar-refractivity contribution in [2.75, 3.05) is 7.11 Å². The van der Waals surface area contributed by atoms with E-state index in [2.05, 4.69) is 19.7 Å². The number of imidazole rings is 1. The molecule has 0 bridgehead atoms. The second kappa shape index (κ2) is 3.82. The van der Waals surface area contributed by atoms with Gasteiger partial charge in [0.1, 0.15) is 5.69 Å². The first-order chi connectivity index (χ1) is 7.20. The molecule has 2 aromatic rings. The first-order valence-corrected chi connectivity index (χ1v) is 5.08. The Morgan fingerprint density at radius 1 is 1.47 bits per heavy atom. The summed E-state index contributed by atoms with van der Waals surface area (Å²) >= 11 is 1.52. The number of nitrogens with zero attached hydrogens (tertiary/aromatic N) is 2. The number of aromatic nitrogens is 3. The van der Waals surface area contributed by atoms with E-state index < -0.39 is 5.97 Å². The van der Waals surface area contributed by atoms with Crippen LogP contribution in [0.1, 0.15) is 15.4 Å². The van der Waals surface area contributed by atoms with Crippen molar-refractivity contribution in [1.29, 1.82) is 0 Å². The zero-order valence-electron chi connectivity index (χ0n) is 8.27. The Kier molecular flexibility index (Phi) is 2.51. The van der Waals surface area contributed by atoms with Gasteiger partial charge in [0.25, 0.3) is 0 Å². The molecule has 0 aromatic carbocycles. The molecule has 2 heterocycles. The van der Waals surface area contributed by atoms with Crippen LogP contribution in [0.15, 0.2) is 12.4 Å². The molecular formula is C9H9N3O2S. The molecule has 0 spiro atoms. The predicted molar refractivity (Wildman–Crippen MR) is 55.8 cm³/mol. The number of hydrogen-bond donors (Lipinski definition) is 1. The average Bonchev–Trinajstić information content (AvgIpc) is 2.84. The molecule has 2 aromatic heterocycles. The van der Waals surface area contributed by atoms with Crippen molar-refractivity contribution in [3.63, 3.8) is 0 Å². The third kappa shape index (κ3) is 1.89. The minimum absolute atomic E-state index is 0.334. The fourth-order valence-electron chi connectivity index (χ4n) is 1.11. The van der Waals surface area contributed by atoms with E-state index in [-0.39, 0.29) is 0 Å². The molecule has 15 heavy (non-hydrogen) atoms. The quantitative estimate of drug-likeness (QED) is 0.786. The lowest BCUT2D eigenvalue weighted by Gasteiger charge is -1.92. The van der Waals surface area contributed by atoms with Gasteiger partial charge in [-0.3, -0.25) is 0 Å². The highest BCUT2D eigenvalue weighted by molar-refractivity contribution is 7.14. The predicted octanol–water partition coefficient (Wildman–Crippen LogP) is 1.63. The number of hydrogen-bond acceptors (Lipinski definition) is 5. The maximum atomic E-state index is 11.2. The van der Waals surface area contributed by atoms with E-state index in [4.69, 9.17) is 0 Å². The van der Waals surface area contributed by atoms with Gasteiger partial charge in [0.15, 0.2) is 10.8 Å². The summed E-state index contributed by atoms with van der Waals surface area (Å²) in [6.45, 7) is 1.96. The molecule has 1 N–H and O–H groups in total. The summed E-state index contributed by atoms with van der Waals surface area (Å²) < 4.78 is 4.56. The summed E-state index contributed by atoms with van der Waals surface area (Å²) in [5, 5.41) is 0.766. The number of esters is 1. The SMILES string of the molecule is COC(=O)c1cnc(-c2ncc(C)s2)[nH]1. The number of thiazole rings is 1. The van der Waals surface area contributed by atoms with Crippen LogP contribution in [0.2, 0.25) is 0 Å². The maximum Gasteiger partial charge on any atom is 0.356 e. The van der Waals surface area contributed by atoms with Gasteiger partial charge in [-0.25, -0.2) is 14.8 Å². The van der Waals surface area contributed by atoms with Gasteiger partial charge in [0.2, 0.25) is 0 Å². The van der Waals surface area contributed by atoms with E-state index in [0.29, 0.717) is 11.5 Å². The van der Waals surface area contributed by atoms with Crippen LogP contribution in [0, 0.1) is 6.92 Å². The molecule has 0 fully saturated rings. The lowest BCUT2D eigenvalue weighted by Crippen LogP contribution is -2.00. The average molecular weight is 223 g/mol. The van der Waals surface area contributed by atoms with Gasteiger partial charge < -0.3 is 9.72 Å². The van der Waals surface area contributed by atoms with Gasteiger partial charge in [-0.15, -0.1) is 11.3 Å². The van der Waals surface area contributed by atoms with Gasteiger partial charge in [-0.1, -0.05) is 0 Å². The van der Waals surface area contributed by atoms with E-state index in [0.717, 1.165) is 9.88 Å². The van der Waals surface area contributed by atoms with Crippen molar-refractivity contribution in [3.8, 4) is 10.8 Å². The van der Waals surface area contributed by atoms with Gasteiger partial charge in [0, 0.05) is 11.1 Å². The summed E-state index contributed by atoms with van der Waals surface area (Å²) in [7, 11) is 1.33. The van der Waals surface area contributed by atoms with E-state index in [9.17, 15) is 4.79 Å². The number of ether oxygens (including phenoxy) is 1. The van der Waals surface area contributed by atoms with Crippen molar-refractivity contribution in [1.82, 2.24) is 15.0 Å². The lowest BCUT2D eigenvalue weighted by atomic mass is 10.5. The van der Waals surface area contributed by atoms with E-state index in [1.165, 1.54) is 24.6 Å². The number of H-pyrrole nitrogens is 1. The molecule has 0 atom stereocenters. The Bertz CT molecular complexity index is 489. The summed E-state index contributed by atoms with van der Waals surface area (Å²) in [4.78, 5) is 23.3. The molecule has 0 radical (unpaired) electrons. The molecule has 0 unspecified atom stereocenters. The van der Waals surface area contributed by atoms with Crippen LogP contribution in [-0.4, -0.2) is 28.0 Å². The first kappa shape index (κ1) is 9.85. The van der Waals surface area contributed by atoms with Crippen LogP contribution in [0.3, 0.4) is 0 Å². The summed E-state index contributed by atoms with van der Waals surface area (Å²) in [6.07, 6.45) is 3.21. The summed E-state index contributed by atoms with van der Waals surface area (Å²) in [5.41, 5.74) is 0.334. The largest absolute Gasteiger partial charge is 0.464 e. The van der Waals surface area contributed by atoms with Crippen LogP contribution in [0.25, 0.3) is 10.8 Å². The molecule has 6 heteroatoms. The topological polar surface area (TPSA) is 67.9 Å². The van der Waals surface area contributed by atoms with E-state index in [1.807, 2.05) is 6.92 Å². The molecule has 0 saturated carbocycles. The first-order valence-electron chi connectivity index (χ1n) is 4.27. The van der Waals surface area contributed by atoms with Crippen molar-refractivity contribution in [2.45, 2.75) is 6.92 Å². The molecule has 5 nitrogen and oxygen atoms in total. The smallest absolute Gasteiger partial charge is 0.356 e. The molecule has 0 aliphatic rings. The van der Waals surface area contributed by atoms with Crippen molar-refractivity contribution < 1.29 is 9.53 Å². The highest BCUT2D eigenvalue weighted by Crippen LogP contribution is 2.21. The van der Waals surface area contributed by atoms with Crippen LogP contribution in [0.4, 0.5) is 0 Å². The highest BCUT2D eigenvalue weighted by Gasteiger charge is 2.12. The fraction of sp³-hybridized carbons (Fsp3) is 0.222. The fourth-order valence-corrected chi connectivity index (χ4v) is 1.82. The number of carbonyl (C=O) groups excluding carboxylic acids is 1. The number of nitrogens with one attached hydrogen (secondary N) is 1. The molecule has 2 rings (SSSR count). The number of aryl methyl sites for hydroxylation is 1. The summed E-state index contributed by atoms with van der Waals surface area (Å²) in [6, 6.07) is 0. The number of carbonyl (C=O) groups is 1. The number of methoxy groups -OCH3 is 1. The Hall–Kier alpha value is -1.69. The number of aromatic amines is 1. The Morgan fingerprint density at radius 3 is 2.87 bits per heavy atom. The van der Waals surface area contributed by atoms with Crippen molar-refractivity contribution in [3.05, 3.63) is 23.0 Å². The van der Waals surface area contributed by atoms with Crippen molar-refractivity contribution >= 4 is 17.3 Å². The zero-order chi connectivity index (χ0) is 10.8. The molecule has 0 aliphatic carbocycles. The molecule has 0 aliphatic heterocycles. The summed E-state index contributed by atoms with van der Waals surface area (Å²) in [5.74, 6) is 0.163. The van der Waals surface area contributed by atoms with Gasteiger partial charge in [-0.2, -0.15) is 0 Å². The van der Waals surface area contributed by atoms with E-state index in [1.54, 1.807) is 6.20 Å². The molecule has 0 amide bonds. The van der Waals surface area contributed by atoms with Gasteiger partial charge in [-0.05, 0) is 6.92 Å². The van der Waals surface area contributed by atoms with Gasteiger partial charge in [0.05, 0.1) is 13.3 Å². The normalized spacial score (nSPS) is 10.3. The Labute approximate surface area is 90.1 Å². The zero-order valence-corrected chi connectivity index (χ0v) is 9.09. The second-order valence-corrected chi connectivity index (χ2v) is 4.15. The Morgan fingerprint density at radius 2 is 2.27 bits per heavy atom. The van der Waals surface area contributed by atoms with Crippen LogP contribution in [-0.2, 0) is 4.74 Å². The molecule has 78 valence electrons. The lowest BCUT2D eigenvalue weighted by molar-refractivity contribution is 0.0595. The minimum Gasteiger partial charge on any atom is -0.464 e. The molecular weight excluding hydrogens is 214 g/mol. The van der Waals surface area contributed by atoms with Crippen LogP contribution < -0.4 is 0 Å². The van der Waals surface area contributed by atoms with Crippen molar-refractivity contribution in [2.24, 2.45) is 0 Å². The van der Waals surface area contributed by atoms with Gasteiger partial charge >= 0.3 is 5.97 Å². The highest BCUT2D eigenvalue weighted by atomic mass is 32.1. The maximum absolute atomic E-state index is 11.2. The third-order valence-corrected chi connectivity index (χ3v) is 2.72. The monoisotopic (exact) mass is 223 g/mol. The van der Waals surface area contributed by atoms with Crippen LogP contribution >= 0.6 is 11.3 Å². The van der Waals surface area contributed by atoms with Crippen LogP contribution in [0.5, 0.6) is 0 Å².